The molecule has 7 heteroatoms. The van der Waals surface area contributed by atoms with Crippen molar-refractivity contribution in [2.45, 2.75) is 12.8 Å². The summed E-state index contributed by atoms with van der Waals surface area (Å²) in [6, 6.07) is 8.36. The van der Waals surface area contributed by atoms with Gasteiger partial charge in [0.25, 0.3) is 5.91 Å². The van der Waals surface area contributed by atoms with Crippen molar-refractivity contribution in [1.29, 1.82) is 0 Å². The highest BCUT2D eigenvalue weighted by Gasteiger charge is 2.24. The number of aromatic nitrogens is 1. The maximum atomic E-state index is 12.2. The van der Waals surface area contributed by atoms with Gasteiger partial charge in [0.05, 0.1) is 18.4 Å². The van der Waals surface area contributed by atoms with Gasteiger partial charge in [-0.3, -0.25) is 9.59 Å². The Labute approximate surface area is 144 Å². The van der Waals surface area contributed by atoms with Crippen molar-refractivity contribution < 1.29 is 14.3 Å². The smallest absolute Gasteiger partial charge is 0.257 e. The average molecular weight is 346 g/mol. The summed E-state index contributed by atoms with van der Waals surface area (Å²) in [6.07, 6.45) is 2.79. The molecule has 1 aromatic heterocycles. The molecule has 6 nitrogen and oxygen atoms in total. The molecule has 0 unspecified atom stereocenters. The summed E-state index contributed by atoms with van der Waals surface area (Å²) in [5.41, 5.74) is 1.69. The van der Waals surface area contributed by atoms with Crippen molar-refractivity contribution in [2.24, 2.45) is 0 Å². The van der Waals surface area contributed by atoms with Gasteiger partial charge in [-0.2, -0.15) is 0 Å². The van der Waals surface area contributed by atoms with Crippen LogP contribution >= 0.6 is 11.6 Å². The zero-order valence-corrected chi connectivity index (χ0v) is 13.8. The number of nitrogens with one attached hydrogen (secondary N) is 1. The lowest BCUT2D eigenvalue weighted by Crippen LogP contribution is -2.24. The largest absolute Gasteiger partial charge is 0.494 e. The van der Waals surface area contributed by atoms with Crippen LogP contribution in [0.25, 0.3) is 0 Å². The van der Waals surface area contributed by atoms with Crippen LogP contribution < -0.4 is 15.0 Å². The van der Waals surface area contributed by atoms with E-state index in [9.17, 15) is 9.59 Å². The van der Waals surface area contributed by atoms with Gasteiger partial charge in [0, 0.05) is 30.9 Å². The summed E-state index contributed by atoms with van der Waals surface area (Å²) in [6.45, 7) is 0.678. The second kappa shape index (κ2) is 6.88. The maximum absolute atomic E-state index is 12.2. The summed E-state index contributed by atoms with van der Waals surface area (Å²) in [5, 5.41) is 3.10. The highest BCUT2D eigenvalue weighted by Crippen LogP contribution is 2.33. The van der Waals surface area contributed by atoms with Crippen LogP contribution in [0.2, 0.25) is 5.15 Å². The monoisotopic (exact) mass is 345 g/mol. The third-order valence-electron chi connectivity index (χ3n) is 3.79. The maximum Gasteiger partial charge on any atom is 0.257 e. The molecule has 124 valence electrons. The van der Waals surface area contributed by atoms with Crippen LogP contribution in [-0.4, -0.2) is 30.5 Å². The number of amides is 2. The van der Waals surface area contributed by atoms with Gasteiger partial charge in [0.1, 0.15) is 10.9 Å². The van der Waals surface area contributed by atoms with Crippen LogP contribution in [0.15, 0.2) is 36.5 Å². The van der Waals surface area contributed by atoms with E-state index in [2.05, 4.69) is 10.3 Å². The van der Waals surface area contributed by atoms with Crippen molar-refractivity contribution in [3.8, 4) is 5.75 Å². The molecule has 0 saturated carbocycles. The Balaban J connectivity index is 1.80. The van der Waals surface area contributed by atoms with Gasteiger partial charge in [-0.05, 0) is 30.7 Å². The van der Waals surface area contributed by atoms with Gasteiger partial charge in [-0.1, -0.05) is 11.6 Å². The Hall–Kier alpha value is -2.60. The number of pyridine rings is 1. The number of carbonyl (C=O) groups is 2. The molecule has 1 saturated heterocycles. The van der Waals surface area contributed by atoms with E-state index in [1.165, 1.54) is 13.3 Å². The fourth-order valence-corrected chi connectivity index (χ4v) is 2.71. The van der Waals surface area contributed by atoms with Gasteiger partial charge >= 0.3 is 0 Å². The number of carbonyl (C=O) groups excluding carboxylic acids is 2. The lowest BCUT2D eigenvalue weighted by Gasteiger charge is -2.19. The number of hydrogen-bond donors (Lipinski definition) is 1. The Morgan fingerprint density at radius 2 is 2.17 bits per heavy atom. The van der Waals surface area contributed by atoms with Crippen molar-refractivity contribution in [1.82, 2.24) is 4.98 Å². The first-order valence-corrected chi connectivity index (χ1v) is 7.87. The Morgan fingerprint density at radius 1 is 1.33 bits per heavy atom. The first-order valence-electron chi connectivity index (χ1n) is 7.50. The van der Waals surface area contributed by atoms with Crippen molar-refractivity contribution in [3.63, 3.8) is 0 Å². The zero-order valence-electron chi connectivity index (χ0n) is 13.1. The van der Waals surface area contributed by atoms with E-state index >= 15 is 0 Å². The molecular formula is C17H16ClN3O3. The highest BCUT2D eigenvalue weighted by atomic mass is 35.5. The Morgan fingerprint density at radius 3 is 2.79 bits per heavy atom. The normalized spacial score (nSPS) is 13.9. The molecule has 0 spiro atoms. The molecule has 24 heavy (non-hydrogen) atoms. The third kappa shape index (κ3) is 3.33. The molecule has 2 amide bonds. The molecular weight excluding hydrogens is 330 g/mol. The standard InChI is InChI=1S/C17H16ClN3O3/c1-24-14-9-12(5-6-13(14)21-8-2-3-16(21)22)20-17(23)11-4-7-15(18)19-10-11/h4-7,9-10H,2-3,8H2,1H3,(H,20,23). The van der Waals surface area contributed by atoms with Crippen LogP contribution in [0.5, 0.6) is 5.75 Å². The van der Waals surface area contributed by atoms with E-state index in [0.29, 0.717) is 40.8 Å². The fourth-order valence-electron chi connectivity index (χ4n) is 2.59. The number of ether oxygens (including phenoxy) is 1. The van der Waals surface area contributed by atoms with Crippen LogP contribution in [0.3, 0.4) is 0 Å². The summed E-state index contributed by atoms with van der Waals surface area (Å²) in [7, 11) is 1.54. The van der Waals surface area contributed by atoms with E-state index in [0.717, 1.165) is 6.42 Å². The predicted molar refractivity (Wildman–Crippen MR) is 91.8 cm³/mol. The highest BCUT2D eigenvalue weighted by molar-refractivity contribution is 6.29. The van der Waals surface area contributed by atoms with Crippen LogP contribution in [-0.2, 0) is 4.79 Å². The second-order valence-corrected chi connectivity index (χ2v) is 5.75. The van der Waals surface area contributed by atoms with Crippen molar-refractivity contribution in [3.05, 3.63) is 47.2 Å². The molecule has 1 aliphatic rings. The molecule has 1 aliphatic heterocycles. The average Bonchev–Trinajstić information content (AvgIpc) is 3.01. The molecule has 0 bridgehead atoms. The van der Waals surface area contributed by atoms with Gasteiger partial charge in [-0.15, -0.1) is 0 Å². The number of rotatable bonds is 4. The fraction of sp³-hybridized carbons (Fsp3) is 0.235. The third-order valence-corrected chi connectivity index (χ3v) is 4.01. The first kappa shape index (κ1) is 16.3. The van der Waals surface area contributed by atoms with Gasteiger partial charge in [0.2, 0.25) is 5.91 Å². The van der Waals surface area contributed by atoms with E-state index in [4.69, 9.17) is 16.3 Å². The van der Waals surface area contributed by atoms with Crippen LogP contribution in [0.1, 0.15) is 23.2 Å². The number of methoxy groups -OCH3 is 1. The van der Waals surface area contributed by atoms with Gasteiger partial charge in [-0.25, -0.2) is 4.98 Å². The molecule has 1 aromatic carbocycles. The number of halogens is 1. The van der Waals surface area contributed by atoms with Crippen molar-refractivity contribution in [2.75, 3.05) is 23.9 Å². The second-order valence-electron chi connectivity index (χ2n) is 5.36. The van der Waals surface area contributed by atoms with E-state index in [1.54, 1.807) is 35.2 Å². The number of anilines is 2. The van der Waals surface area contributed by atoms with E-state index in [1.807, 2.05) is 0 Å². The molecule has 2 heterocycles. The Kier molecular flexibility index (Phi) is 4.66. The lowest BCUT2D eigenvalue weighted by atomic mass is 10.2. The minimum absolute atomic E-state index is 0.0809. The van der Waals surface area contributed by atoms with Crippen LogP contribution in [0, 0.1) is 0 Å². The molecule has 0 atom stereocenters. The molecule has 2 aromatic rings. The molecule has 1 N–H and O–H groups in total. The van der Waals surface area contributed by atoms with E-state index in [-0.39, 0.29) is 11.8 Å². The first-order chi connectivity index (χ1) is 11.6. The summed E-state index contributed by atoms with van der Waals surface area (Å²) >= 11 is 5.72. The Bertz CT molecular complexity index is 777. The minimum Gasteiger partial charge on any atom is -0.494 e. The zero-order chi connectivity index (χ0) is 17.1. The topological polar surface area (TPSA) is 71.5 Å². The van der Waals surface area contributed by atoms with Gasteiger partial charge in [0.15, 0.2) is 0 Å². The number of benzene rings is 1. The van der Waals surface area contributed by atoms with Crippen LogP contribution in [0.4, 0.5) is 11.4 Å². The molecule has 0 radical (unpaired) electrons. The predicted octanol–water partition coefficient (Wildman–Crippen LogP) is 3.12. The lowest BCUT2D eigenvalue weighted by molar-refractivity contribution is -0.117. The molecule has 1 fully saturated rings. The minimum atomic E-state index is -0.300. The number of nitrogens with zero attached hydrogens (tertiary/aromatic N) is 2. The quantitative estimate of drug-likeness (QED) is 0.864. The van der Waals surface area contributed by atoms with E-state index < -0.39 is 0 Å². The summed E-state index contributed by atoms with van der Waals surface area (Å²) < 4.78 is 5.37. The van der Waals surface area contributed by atoms with Gasteiger partial charge < -0.3 is 15.0 Å². The number of hydrogen-bond acceptors (Lipinski definition) is 4. The summed E-state index contributed by atoms with van der Waals surface area (Å²) in [4.78, 5) is 29.7. The molecule has 0 aliphatic carbocycles. The summed E-state index contributed by atoms with van der Waals surface area (Å²) in [5.74, 6) is 0.320. The SMILES string of the molecule is COc1cc(NC(=O)c2ccc(Cl)nc2)ccc1N1CCCC1=O. The molecule has 3 rings (SSSR count). The van der Waals surface area contributed by atoms with Crippen molar-refractivity contribution >= 4 is 34.8 Å².